The highest BCUT2D eigenvalue weighted by molar-refractivity contribution is 5.78. The van der Waals surface area contributed by atoms with Crippen molar-refractivity contribution in [1.82, 2.24) is 9.88 Å². The third-order valence-corrected chi connectivity index (χ3v) is 3.68. The summed E-state index contributed by atoms with van der Waals surface area (Å²) >= 11 is 0. The number of carboxylic acid groups (broad SMARTS) is 1. The van der Waals surface area contributed by atoms with Gasteiger partial charge < -0.3 is 10.2 Å². The molecule has 0 saturated carbocycles. The molecule has 0 spiro atoms. The topological polar surface area (TPSA) is 73.7 Å². The van der Waals surface area contributed by atoms with Crippen molar-refractivity contribution in [3.05, 3.63) is 23.5 Å². The minimum Gasteiger partial charge on any atom is -0.506 e. The summed E-state index contributed by atoms with van der Waals surface area (Å²) in [7, 11) is 0. The van der Waals surface area contributed by atoms with Crippen LogP contribution < -0.4 is 0 Å². The highest BCUT2D eigenvalue weighted by Crippen LogP contribution is 2.31. The molecule has 0 aromatic carbocycles. The maximum atomic E-state index is 11.4. The van der Waals surface area contributed by atoms with Gasteiger partial charge in [-0.05, 0) is 45.4 Å². The largest absolute Gasteiger partial charge is 0.506 e. The molecule has 1 aromatic heterocycles. The van der Waals surface area contributed by atoms with Gasteiger partial charge in [-0.25, -0.2) is 0 Å². The molecule has 1 fully saturated rings. The van der Waals surface area contributed by atoms with E-state index < -0.39 is 11.5 Å². The summed E-state index contributed by atoms with van der Waals surface area (Å²) in [5, 5.41) is 19.1. The summed E-state index contributed by atoms with van der Waals surface area (Å²) in [5.74, 6) is -0.688. The molecule has 1 aliphatic rings. The molecule has 0 aliphatic carbocycles. The summed E-state index contributed by atoms with van der Waals surface area (Å²) in [6.07, 6.45) is 1.49. The van der Waals surface area contributed by atoms with Crippen molar-refractivity contribution in [1.29, 1.82) is 0 Å². The summed E-state index contributed by atoms with van der Waals surface area (Å²) in [5.41, 5.74) is 0.515. The minimum atomic E-state index is -0.849. The molecule has 1 aromatic rings. The van der Waals surface area contributed by atoms with Gasteiger partial charge in [-0.15, -0.1) is 0 Å². The van der Waals surface area contributed by atoms with Crippen LogP contribution in [0.4, 0.5) is 0 Å². The molecule has 0 amide bonds. The zero-order valence-corrected chi connectivity index (χ0v) is 10.7. The van der Waals surface area contributed by atoms with Gasteiger partial charge in [-0.1, -0.05) is 0 Å². The molecule has 1 unspecified atom stereocenters. The molecule has 2 rings (SSSR count). The molecule has 1 saturated heterocycles. The maximum absolute atomic E-state index is 11.4. The number of aliphatic carboxylic acids is 1. The molecule has 1 atom stereocenters. The van der Waals surface area contributed by atoms with E-state index in [1.165, 1.54) is 0 Å². The van der Waals surface area contributed by atoms with Gasteiger partial charge in [0.2, 0.25) is 0 Å². The maximum Gasteiger partial charge on any atom is 0.323 e. The first-order valence-corrected chi connectivity index (χ1v) is 6.07. The van der Waals surface area contributed by atoms with Crippen LogP contribution in [0.1, 0.15) is 31.2 Å². The molecular weight excluding hydrogens is 232 g/mol. The summed E-state index contributed by atoms with van der Waals surface area (Å²) < 4.78 is 0. The predicted molar refractivity (Wildman–Crippen MR) is 66.3 cm³/mol. The zero-order valence-electron chi connectivity index (χ0n) is 10.7. The molecule has 2 N–H and O–H groups in total. The van der Waals surface area contributed by atoms with Crippen LogP contribution in [0.3, 0.4) is 0 Å². The Morgan fingerprint density at radius 1 is 1.56 bits per heavy atom. The smallest absolute Gasteiger partial charge is 0.323 e. The van der Waals surface area contributed by atoms with Crippen LogP contribution in [0.5, 0.6) is 5.75 Å². The lowest BCUT2D eigenvalue weighted by molar-refractivity contribution is -0.148. The molecule has 5 heteroatoms. The van der Waals surface area contributed by atoms with Gasteiger partial charge in [0.15, 0.2) is 0 Å². The third-order valence-electron chi connectivity index (χ3n) is 3.68. The first-order valence-electron chi connectivity index (χ1n) is 6.07. The van der Waals surface area contributed by atoms with E-state index >= 15 is 0 Å². The normalized spacial score (nSPS) is 24.3. The lowest BCUT2D eigenvalue weighted by atomic mass is 9.99. The van der Waals surface area contributed by atoms with Crippen molar-refractivity contribution < 1.29 is 15.0 Å². The summed E-state index contributed by atoms with van der Waals surface area (Å²) in [6, 6.07) is 3.34. The van der Waals surface area contributed by atoms with Gasteiger partial charge in [0.25, 0.3) is 0 Å². The second-order valence-corrected chi connectivity index (χ2v) is 5.02. The van der Waals surface area contributed by atoms with Gasteiger partial charge in [-0.2, -0.15) is 0 Å². The predicted octanol–water partition coefficient (Wildman–Crippen LogP) is 1.53. The number of pyridine rings is 1. The Morgan fingerprint density at radius 3 is 2.94 bits per heavy atom. The highest BCUT2D eigenvalue weighted by Gasteiger charge is 2.43. The summed E-state index contributed by atoms with van der Waals surface area (Å²) in [6.45, 7) is 4.67. The van der Waals surface area contributed by atoms with Crippen molar-refractivity contribution in [2.24, 2.45) is 0 Å². The highest BCUT2D eigenvalue weighted by atomic mass is 16.4. The fourth-order valence-electron chi connectivity index (χ4n) is 2.42. The Bertz CT molecular complexity index is 475. The Kier molecular flexibility index (Phi) is 3.26. The van der Waals surface area contributed by atoms with Crippen molar-refractivity contribution in [2.45, 2.75) is 38.8 Å². The monoisotopic (exact) mass is 250 g/mol. The van der Waals surface area contributed by atoms with Crippen LogP contribution in [0.2, 0.25) is 0 Å². The van der Waals surface area contributed by atoms with E-state index in [9.17, 15) is 15.0 Å². The Balaban J connectivity index is 2.23. The van der Waals surface area contributed by atoms with E-state index in [2.05, 4.69) is 4.98 Å². The van der Waals surface area contributed by atoms with E-state index in [1.807, 2.05) is 11.8 Å². The van der Waals surface area contributed by atoms with Crippen LogP contribution in [0.15, 0.2) is 12.1 Å². The number of aromatic nitrogens is 1. The number of hydrogen-bond donors (Lipinski definition) is 2. The number of hydrogen-bond acceptors (Lipinski definition) is 4. The number of nitrogens with zero attached hydrogens (tertiary/aromatic N) is 2. The van der Waals surface area contributed by atoms with E-state index in [4.69, 9.17) is 0 Å². The number of carboxylic acids is 1. The second kappa shape index (κ2) is 4.57. The lowest BCUT2D eigenvalue weighted by Crippen LogP contribution is -2.47. The van der Waals surface area contributed by atoms with E-state index in [0.717, 1.165) is 18.7 Å². The number of rotatable bonds is 3. The number of aryl methyl sites for hydroxylation is 1. The molecule has 1 aliphatic heterocycles. The molecule has 98 valence electrons. The molecular formula is C13H18N2O3. The number of aromatic hydroxyl groups is 1. The average Bonchev–Trinajstić information content (AvgIpc) is 2.67. The molecule has 18 heavy (non-hydrogen) atoms. The van der Waals surface area contributed by atoms with E-state index in [1.54, 1.807) is 19.1 Å². The SMILES string of the molecule is Cc1ccc(O)c(CN2CCCC2(C)C(=O)O)n1. The first-order chi connectivity index (χ1) is 8.43. The fourth-order valence-corrected chi connectivity index (χ4v) is 2.42. The molecule has 0 bridgehead atoms. The Morgan fingerprint density at radius 2 is 2.28 bits per heavy atom. The second-order valence-electron chi connectivity index (χ2n) is 5.02. The fraction of sp³-hybridized carbons (Fsp3) is 0.538. The van der Waals surface area contributed by atoms with Gasteiger partial charge in [0.05, 0.1) is 5.69 Å². The quantitative estimate of drug-likeness (QED) is 0.851. The van der Waals surface area contributed by atoms with Gasteiger partial charge >= 0.3 is 5.97 Å². The Hall–Kier alpha value is -1.62. The summed E-state index contributed by atoms with van der Waals surface area (Å²) in [4.78, 5) is 17.5. The van der Waals surface area contributed by atoms with Gasteiger partial charge in [0.1, 0.15) is 11.3 Å². The van der Waals surface area contributed by atoms with Crippen LogP contribution in [0, 0.1) is 6.92 Å². The lowest BCUT2D eigenvalue weighted by Gasteiger charge is -2.30. The van der Waals surface area contributed by atoms with Crippen LogP contribution in [-0.4, -0.2) is 38.1 Å². The van der Waals surface area contributed by atoms with Gasteiger partial charge in [-0.3, -0.25) is 14.7 Å². The van der Waals surface area contributed by atoms with E-state index in [-0.39, 0.29) is 5.75 Å². The van der Waals surface area contributed by atoms with Crippen LogP contribution in [0.25, 0.3) is 0 Å². The van der Waals surface area contributed by atoms with Crippen molar-refractivity contribution in [3.8, 4) is 5.75 Å². The van der Waals surface area contributed by atoms with Crippen LogP contribution in [-0.2, 0) is 11.3 Å². The van der Waals surface area contributed by atoms with Crippen LogP contribution >= 0.6 is 0 Å². The number of likely N-dealkylation sites (tertiary alicyclic amines) is 1. The Labute approximate surface area is 106 Å². The van der Waals surface area contributed by atoms with Crippen molar-refractivity contribution >= 4 is 5.97 Å². The average molecular weight is 250 g/mol. The van der Waals surface area contributed by atoms with E-state index in [0.29, 0.717) is 18.7 Å². The van der Waals surface area contributed by atoms with Crippen molar-refractivity contribution in [2.75, 3.05) is 6.54 Å². The standard InChI is InChI=1S/C13H18N2O3/c1-9-4-5-11(16)10(14-9)8-15-7-3-6-13(15,2)12(17)18/h4-5,16H,3,6-8H2,1-2H3,(H,17,18). The third kappa shape index (κ3) is 2.18. The number of carbonyl (C=O) groups is 1. The molecule has 0 radical (unpaired) electrons. The minimum absolute atomic E-state index is 0.125. The molecule has 5 nitrogen and oxygen atoms in total. The van der Waals surface area contributed by atoms with Crippen molar-refractivity contribution in [3.63, 3.8) is 0 Å². The molecule has 2 heterocycles. The zero-order chi connectivity index (χ0) is 13.3. The van der Waals surface area contributed by atoms with Gasteiger partial charge in [0, 0.05) is 12.2 Å². The first kappa shape index (κ1) is 12.8.